The zero-order valence-corrected chi connectivity index (χ0v) is 15.2. The normalized spacial score (nSPS) is 12.6. The minimum Gasteiger partial charge on any atom is -0.497 e. The summed E-state index contributed by atoms with van der Waals surface area (Å²) in [6.45, 7) is 1.71. The molecule has 0 amide bonds. The number of aromatic nitrogens is 2. The van der Waals surface area contributed by atoms with E-state index < -0.39 is 21.6 Å². The van der Waals surface area contributed by atoms with Crippen LogP contribution in [0.5, 0.6) is 11.5 Å². The Balaban J connectivity index is 2.03. The van der Waals surface area contributed by atoms with Gasteiger partial charge < -0.3 is 9.47 Å². The van der Waals surface area contributed by atoms with Crippen molar-refractivity contribution in [1.29, 1.82) is 0 Å². The number of aryl methyl sites for hydroxylation is 1. The number of nitrogens with zero attached hydrogens (tertiary/aromatic N) is 2. The van der Waals surface area contributed by atoms with Gasteiger partial charge in [-0.15, -0.1) is 0 Å². The molecule has 2 aromatic rings. The first-order valence-corrected chi connectivity index (χ1v) is 9.55. The molecule has 0 bridgehead atoms. The summed E-state index contributed by atoms with van der Waals surface area (Å²) in [6.07, 6.45) is 2.40. The summed E-state index contributed by atoms with van der Waals surface area (Å²) in [7, 11) is -0.257. The summed E-state index contributed by atoms with van der Waals surface area (Å²) in [5.41, 5.74) is 0.789. The largest absolute Gasteiger partial charge is 0.497 e. The van der Waals surface area contributed by atoms with Crippen LogP contribution in [0.4, 0.5) is 4.39 Å². The van der Waals surface area contributed by atoms with E-state index in [4.69, 9.17) is 9.47 Å². The summed E-state index contributed by atoms with van der Waals surface area (Å²) in [5.74, 6) is 0.453. The average molecular weight is 368 g/mol. The first-order chi connectivity index (χ1) is 11.8. The van der Waals surface area contributed by atoms with Gasteiger partial charge in [0.15, 0.2) is 15.7 Å². The van der Waals surface area contributed by atoms with Gasteiger partial charge in [0.25, 0.3) is 0 Å². The Kier molecular flexibility index (Phi) is 6.30. The number of hydrogen-bond acceptors (Lipinski definition) is 6. The lowest BCUT2D eigenvalue weighted by Crippen LogP contribution is -2.19. The van der Waals surface area contributed by atoms with E-state index in [-0.39, 0.29) is 11.5 Å². The molecule has 0 spiro atoms. The molecule has 0 aliphatic carbocycles. The molecule has 2 rings (SSSR count). The molecule has 136 valence electrons. The van der Waals surface area contributed by atoms with Crippen LogP contribution < -0.4 is 9.47 Å². The van der Waals surface area contributed by atoms with Crippen molar-refractivity contribution in [2.75, 3.05) is 25.7 Å². The fourth-order valence-electron chi connectivity index (χ4n) is 2.44. The van der Waals surface area contributed by atoms with Crippen LogP contribution in [-0.2, 0) is 16.3 Å². The summed E-state index contributed by atoms with van der Waals surface area (Å²) < 4.78 is 48.0. The number of ether oxygens (including phenoxy) is 2. The third kappa shape index (κ3) is 5.38. The molecule has 0 fully saturated rings. The molecule has 8 heteroatoms. The Morgan fingerprint density at radius 1 is 1.16 bits per heavy atom. The van der Waals surface area contributed by atoms with E-state index in [1.165, 1.54) is 7.11 Å². The lowest BCUT2D eigenvalue weighted by Gasteiger charge is -2.13. The highest BCUT2D eigenvalue weighted by Crippen LogP contribution is 2.25. The predicted octanol–water partition coefficient (Wildman–Crippen LogP) is 2.39. The molecule has 6 nitrogen and oxygen atoms in total. The maximum atomic E-state index is 12.9. The third-order valence-corrected chi connectivity index (χ3v) is 5.60. The van der Waals surface area contributed by atoms with Gasteiger partial charge in [-0.1, -0.05) is 13.0 Å². The SMILES string of the molecule is COc1ccc(CCS(=O)(=O)C[C@@H](C)c2ncc(F)cn2)c(OC)c1. The van der Waals surface area contributed by atoms with Gasteiger partial charge in [0.1, 0.15) is 17.3 Å². The molecule has 0 radical (unpaired) electrons. The van der Waals surface area contributed by atoms with E-state index in [1.54, 1.807) is 32.2 Å². The number of sulfone groups is 1. The number of benzene rings is 1. The second-order valence-electron chi connectivity index (χ2n) is 5.70. The van der Waals surface area contributed by atoms with Crippen molar-refractivity contribution in [3.63, 3.8) is 0 Å². The summed E-state index contributed by atoms with van der Waals surface area (Å²) >= 11 is 0. The van der Waals surface area contributed by atoms with Crippen LogP contribution in [0.3, 0.4) is 0 Å². The van der Waals surface area contributed by atoms with E-state index >= 15 is 0 Å². The number of hydrogen-bond donors (Lipinski definition) is 0. The van der Waals surface area contributed by atoms with Crippen molar-refractivity contribution in [1.82, 2.24) is 9.97 Å². The van der Waals surface area contributed by atoms with E-state index in [1.807, 2.05) is 0 Å². The Labute approximate surface area is 147 Å². The van der Waals surface area contributed by atoms with Crippen molar-refractivity contribution < 1.29 is 22.3 Å². The minimum atomic E-state index is -3.34. The van der Waals surface area contributed by atoms with Crippen molar-refractivity contribution in [3.8, 4) is 11.5 Å². The molecule has 0 saturated carbocycles. The molecule has 0 saturated heterocycles. The highest BCUT2D eigenvalue weighted by molar-refractivity contribution is 7.91. The first kappa shape index (κ1) is 19.1. The highest BCUT2D eigenvalue weighted by Gasteiger charge is 2.20. The Morgan fingerprint density at radius 2 is 1.84 bits per heavy atom. The maximum absolute atomic E-state index is 12.9. The van der Waals surface area contributed by atoms with Crippen molar-refractivity contribution in [2.45, 2.75) is 19.3 Å². The summed E-state index contributed by atoms with van der Waals surface area (Å²) in [5, 5.41) is 0. The fraction of sp³-hybridized carbons (Fsp3) is 0.412. The van der Waals surface area contributed by atoms with Gasteiger partial charge in [0.05, 0.1) is 38.1 Å². The van der Waals surface area contributed by atoms with Gasteiger partial charge in [-0.05, 0) is 18.1 Å². The second-order valence-corrected chi connectivity index (χ2v) is 7.93. The lowest BCUT2D eigenvalue weighted by molar-refractivity contribution is 0.391. The molecule has 0 N–H and O–H groups in total. The van der Waals surface area contributed by atoms with Crippen molar-refractivity contribution >= 4 is 9.84 Å². The van der Waals surface area contributed by atoms with Gasteiger partial charge in [0, 0.05) is 12.0 Å². The number of halogens is 1. The van der Waals surface area contributed by atoms with Crippen LogP contribution in [0, 0.1) is 5.82 Å². The molecule has 1 aromatic heterocycles. The minimum absolute atomic E-state index is 0.0266. The molecule has 0 aliphatic rings. The zero-order valence-electron chi connectivity index (χ0n) is 14.4. The van der Waals surface area contributed by atoms with Crippen LogP contribution in [0.2, 0.25) is 0 Å². The van der Waals surface area contributed by atoms with Gasteiger partial charge in [-0.2, -0.15) is 0 Å². The van der Waals surface area contributed by atoms with E-state index in [2.05, 4.69) is 9.97 Å². The van der Waals surface area contributed by atoms with E-state index in [0.29, 0.717) is 23.7 Å². The number of methoxy groups -OCH3 is 2. The topological polar surface area (TPSA) is 78.4 Å². The van der Waals surface area contributed by atoms with Gasteiger partial charge >= 0.3 is 0 Å². The van der Waals surface area contributed by atoms with Gasteiger partial charge in [-0.3, -0.25) is 0 Å². The Bertz CT molecular complexity index is 810. The van der Waals surface area contributed by atoms with Crippen LogP contribution in [0.25, 0.3) is 0 Å². The van der Waals surface area contributed by atoms with Gasteiger partial charge in [-0.25, -0.2) is 22.8 Å². The summed E-state index contributed by atoms with van der Waals surface area (Å²) in [6, 6.07) is 5.27. The molecular weight excluding hydrogens is 347 g/mol. The van der Waals surface area contributed by atoms with Crippen LogP contribution in [0.15, 0.2) is 30.6 Å². The maximum Gasteiger partial charge on any atom is 0.159 e. The molecule has 25 heavy (non-hydrogen) atoms. The third-order valence-electron chi connectivity index (χ3n) is 3.76. The molecule has 1 aromatic carbocycles. The van der Waals surface area contributed by atoms with Crippen molar-refractivity contribution in [3.05, 3.63) is 47.8 Å². The zero-order chi connectivity index (χ0) is 18.4. The quantitative estimate of drug-likeness (QED) is 0.712. The monoisotopic (exact) mass is 368 g/mol. The Hall–Kier alpha value is -2.22. The van der Waals surface area contributed by atoms with Crippen LogP contribution in [0.1, 0.15) is 24.2 Å². The number of rotatable bonds is 8. The molecule has 0 unspecified atom stereocenters. The standard InChI is InChI=1S/C17H21FN2O4S/c1-12(17-19-9-14(18)10-20-17)11-25(21,22)7-6-13-4-5-15(23-2)8-16(13)24-3/h4-5,8-10,12H,6-7,11H2,1-3H3/t12-/m1/s1. The predicted molar refractivity (Wildman–Crippen MR) is 92.3 cm³/mol. The van der Waals surface area contributed by atoms with Crippen LogP contribution in [-0.4, -0.2) is 44.1 Å². The van der Waals surface area contributed by atoms with E-state index in [9.17, 15) is 12.8 Å². The van der Waals surface area contributed by atoms with Crippen LogP contribution >= 0.6 is 0 Å². The second kappa shape index (κ2) is 8.24. The molecule has 0 aliphatic heterocycles. The first-order valence-electron chi connectivity index (χ1n) is 7.73. The average Bonchev–Trinajstić information content (AvgIpc) is 2.60. The lowest BCUT2D eigenvalue weighted by atomic mass is 10.1. The smallest absolute Gasteiger partial charge is 0.159 e. The van der Waals surface area contributed by atoms with Gasteiger partial charge in [0.2, 0.25) is 0 Å². The fourth-order valence-corrected chi connectivity index (χ4v) is 4.05. The molecular formula is C17H21FN2O4S. The Morgan fingerprint density at radius 3 is 2.44 bits per heavy atom. The molecule has 1 atom stereocenters. The van der Waals surface area contributed by atoms with E-state index in [0.717, 1.165) is 18.0 Å². The molecule has 1 heterocycles. The summed E-state index contributed by atoms with van der Waals surface area (Å²) in [4.78, 5) is 7.69. The van der Waals surface area contributed by atoms with Crippen molar-refractivity contribution in [2.24, 2.45) is 0 Å². The highest BCUT2D eigenvalue weighted by atomic mass is 32.2.